The van der Waals surface area contributed by atoms with E-state index in [-0.39, 0.29) is 12.2 Å². The van der Waals surface area contributed by atoms with Crippen molar-refractivity contribution in [3.05, 3.63) is 0 Å². The summed E-state index contributed by atoms with van der Waals surface area (Å²) in [5, 5.41) is 10.1. The highest BCUT2D eigenvalue weighted by Crippen LogP contribution is 2.23. The highest BCUT2D eigenvalue weighted by atomic mass is 32.2. The molecule has 18 heavy (non-hydrogen) atoms. The third-order valence-electron chi connectivity index (χ3n) is 3.97. The smallest absolute Gasteiger partial charge is 0.0924 e. The van der Waals surface area contributed by atoms with Gasteiger partial charge in [-0.1, -0.05) is 19.3 Å². The van der Waals surface area contributed by atoms with Crippen LogP contribution in [0.2, 0.25) is 0 Å². The maximum Gasteiger partial charge on any atom is 0.0924 e. The molecule has 2 saturated heterocycles. The summed E-state index contributed by atoms with van der Waals surface area (Å²) in [6, 6.07) is 0. The minimum Gasteiger partial charge on any atom is -0.390 e. The van der Waals surface area contributed by atoms with Crippen molar-refractivity contribution >= 4 is 11.8 Å². The molecule has 2 aliphatic rings. The van der Waals surface area contributed by atoms with Crippen LogP contribution in [-0.2, 0) is 9.47 Å². The fourth-order valence-electron chi connectivity index (χ4n) is 2.74. The lowest BCUT2D eigenvalue weighted by Gasteiger charge is -2.27. The van der Waals surface area contributed by atoms with Crippen molar-refractivity contribution in [3.8, 4) is 0 Å². The van der Waals surface area contributed by atoms with Gasteiger partial charge in [-0.25, -0.2) is 0 Å². The Morgan fingerprint density at radius 1 is 1.17 bits per heavy atom. The van der Waals surface area contributed by atoms with Crippen LogP contribution < -0.4 is 0 Å². The number of aliphatic hydroxyl groups excluding tert-OH is 1. The van der Waals surface area contributed by atoms with Crippen molar-refractivity contribution in [2.75, 3.05) is 31.3 Å². The van der Waals surface area contributed by atoms with Crippen molar-refractivity contribution in [2.24, 2.45) is 5.92 Å². The minimum atomic E-state index is -0.257. The first-order valence-electron chi connectivity index (χ1n) is 7.31. The Kier molecular flexibility index (Phi) is 6.84. The van der Waals surface area contributed by atoms with Crippen LogP contribution in [0.15, 0.2) is 0 Å². The number of hydrogen-bond donors (Lipinski definition) is 1. The van der Waals surface area contributed by atoms with Gasteiger partial charge in [0.05, 0.1) is 18.8 Å². The molecule has 2 rings (SSSR count). The standard InChI is InChI=1S/C14H26O3S/c15-13(14-11-18-10-9-17-14)4-2-1-3-12-5-7-16-8-6-12/h12-15H,1-11H2. The molecular formula is C14H26O3S. The van der Waals surface area contributed by atoms with Gasteiger partial charge in [-0.3, -0.25) is 0 Å². The van der Waals surface area contributed by atoms with Crippen molar-refractivity contribution in [2.45, 2.75) is 50.7 Å². The zero-order chi connectivity index (χ0) is 12.6. The van der Waals surface area contributed by atoms with E-state index >= 15 is 0 Å². The second-order valence-corrected chi connectivity index (χ2v) is 6.54. The molecule has 0 aromatic carbocycles. The maximum atomic E-state index is 10.1. The number of thioether (sulfide) groups is 1. The Labute approximate surface area is 115 Å². The number of aliphatic hydroxyl groups is 1. The third-order valence-corrected chi connectivity index (χ3v) is 4.99. The minimum absolute atomic E-state index is 0.0758. The predicted octanol–water partition coefficient (Wildman–Crippen LogP) is 2.47. The lowest BCUT2D eigenvalue weighted by molar-refractivity contribution is -0.0258. The maximum absolute atomic E-state index is 10.1. The number of hydrogen-bond acceptors (Lipinski definition) is 4. The van der Waals surface area contributed by atoms with Crippen LogP contribution in [0.3, 0.4) is 0 Å². The molecule has 0 amide bonds. The fraction of sp³-hybridized carbons (Fsp3) is 1.00. The number of unbranched alkanes of at least 4 members (excludes halogenated alkanes) is 1. The predicted molar refractivity (Wildman–Crippen MR) is 75.1 cm³/mol. The van der Waals surface area contributed by atoms with E-state index in [1.165, 1.54) is 25.7 Å². The summed E-state index contributed by atoms with van der Waals surface area (Å²) < 4.78 is 11.0. The average molecular weight is 274 g/mol. The lowest BCUT2D eigenvalue weighted by atomic mass is 9.93. The van der Waals surface area contributed by atoms with Crippen molar-refractivity contribution in [3.63, 3.8) is 0 Å². The van der Waals surface area contributed by atoms with Gasteiger partial charge < -0.3 is 14.6 Å². The van der Waals surface area contributed by atoms with E-state index < -0.39 is 0 Å². The summed E-state index contributed by atoms with van der Waals surface area (Å²) in [7, 11) is 0. The molecule has 106 valence electrons. The van der Waals surface area contributed by atoms with Crippen LogP contribution >= 0.6 is 11.8 Å². The number of rotatable bonds is 6. The van der Waals surface area contributed by atoms with Crippen LogP contribution in [-0.4, -0.2) is 48.6 Å². The van der Waals surface area contributed by atoms with Crippen molar-refractivity contribution in [1.82, 2.24) is 0 Å². The molecule has 0 spiro atoms. The Morgan fingerprint density at radius 2 is 2.00 bits per heavy atom. The van der Waals surface area contributed by atoms with Gasteiger partial charge in [-0.2, -0.15) is 11.8 Å². The molecule has 0 radical (unpaired) electrons. The Bertz CT molecular complexity index is 213. The Balaban J connectivity index is 1.51. The Morgan fingerprint density at radius 3 is 2.72 bits per heavy atom. The van der Waals surface area contributed by atoms with Gasteiger partial charge in [0.2, 0.25) is 0 Å². The van der Waals surface area contributed by atoms with Gasteiger partial charge in [0, 0.05) is 24.7 Å². The highest BCUT2D eigenvalue weighted by molar-refractivity contribution is 7.99. The molecular weight excluding hydrogens is 248 g/mol. The molecule has 4 heteroatoms. The molecule has 2 aliphatic heterocycles. The Hall–Kier alpha value is 0.230. The van der Waals surface area contributed by atoms with Crippen LogP contribution in [0, 0.1) is 5.92 Å². The summed E-state index contributed by atoms with van der Waals surface area (Å²) in [4.78, 5) is 0. The SMILES string of the molecule is OC(CCCCC1CCOCC1)C1CSCCO1. The summed E-state index contributed by atoms with van der Waals surface area (Å²) in [5.41, 5.74) is 0. The van der Waals surface area contributed by atoms with Gasteiger partial charge in [0.25, 0.3) is 0 Å². The van der Waals surface area contributed by atoms with Crippen LogP contribution in [0.5, 0.6) is 0 Å². The van der Waals surface area contributed by atoms with Gasteiger partial charge in [-0.15, -0.1) is 0 Å². The molecule has 2 fully saturated rings. The normalized spacial score (nSPS) is 28.2. The molecule has 0 aliphatic carbocycles. The summed E-state index contributed by atoms with van der Waals surface area (Å²) in [5.74, 6) is 2.89. The molecule has 3 nitrogen and oxygen atoms in total. The first kappa shape index (κ1) is 14.6. The van der Waals surface area contributed by atoms with Crippen molar-refractivity contribution < 1.29 is 14.6 Å². The molecule has 2 heterocycles. The topological polar surface area (TPSA) is 38.7 Å². The summed E-state index contributed by atoms with van der Waals surface area (Å²) >= 11 is 1.89. The molecule has 2 atom stereocenters. The average Bonchev–Trinajstić information content (AvgIpc) is 2.45. The summed E-state index contributed by atoms with van der Waals surface area (Å²) in [6.45, 7) is 2.69. The molecule has 2 unspecified atom stereocenters. The number of ether oxygens (including phenoxy) is 2. The van der Waals surface area contributed by atoms with Gasteiger partial charge in [-0.05, 0) is 25.2 Å². The molecule has 0 aromatic rings. The zero-order valence-electron chi connectivity index (χ0n) is 11.2. The van der Waals surface area contributed by atoms with E-state index in [1.54, 1.807) is 0 Å². The second-order valence-electron chi connectivity index (χ2n) is 5.39. The van der Waals surface area contributed by atoms with E-state index in [4.69, 9.17) is 9.47 Å². The lowest BCUT2D eigenvalue weighted by Crippen LogP contribution is -2.35. The van der Waals surface area contributed by atoms with Gasteiger partial charge >= 0.3 is 0 Å². The fourth-order valence-corrected chi connectivity index (χ4v) is 3.67. The van der Waals surface area contributed by atoms with E-state index in [9.17, 15) is 5.11 Å². The zero-order valence-corrected chi connectivity index (χ0v) is 12.0. The second kappa shape index (κ2) is 8.41. The van der Waals surface area contributed by atoms with E-state index in [0.717, 1.165) is 50.1 Å². The largest absolute Gasteiger partial charge is 0.390 e. The van der Waals surface area contributed by atoms with Crippen LogP contribution in [0.4, 0.5) is 0 Å². The summed E-state index contributed by atoms with van der Waals surface area (Å²) in [6.07, 6.45) is 6.84. The van der Waals surface area contributed by atoms with Gasteiger partial charge in [0.15, 0.2) is 0 Å². The quantitative estimate of drug-likeness (QED) is 0.755. The van der Waals surface area contributed by atoms with E-state index in [0.29, 0.717) is 0 Å². The molecule has 0 saturated carbocycles. The first-order chi connectivity index (χ1) is 8.86. The molecule has 0 bridgehead atoms. The monoisotopic (exact) mass is 274 g/mol. The van der Waals surface area contributed by atoms with E-state index in [1.807, 2.05) is 11.8 Å². The molecule has 1 N–H and O–H groups in total. The molecule has 0 aromatic heterocycles. The van der Waals surface area contributed by atoms with Crippen LogP contribution in [0.25, 0.3) is 0 Å². The highest BCUT2D eigenvalue weighted by Gasteiger charge is 2.22. The van der Waals surface area contributed by atoms with Gasteiger partial charge in [0.1, 0.15) is 0 Å². The third kappa shape index (κ3) is 5.08. The van der Waals surface area contributed by atoms with Crippen molar-refractivity contribution in [1.29, 1.82) is 0 Å². The first-order valence-corrected chi connectivity index (χ1v) is 8.47. The van der Waals surface area contributed by atoms with E-state index in [2.05, 4.69) is 0 Å². The van der Waals surface area contributed by atoms with Crippen LogP contribution in [0.1, 0.15) is 38.5 Å².